The number of nitro benzene ring substituents is 1. The van der Waals surface area contributed by atoms with Crippen LogP contribution >= 0.6 is 0 Å². The fraction of sp³-hybridized carbons (Fsp3) is 0.238. The Morgan fingerprint density at radius 1 is 1.14 bits per heavy atom. The first-order valence-electron chi connectivity index (χ1n) is 8.83. The molecule has 1 N–H and O–H groups in total. The Balaban J connectivity index is 1.83. The number of hydrogen-bond donors (Lipinski definition) is 1. The summed E-state index contributed by atoms with van der Waals surface area (Å²) < 4.78 is 5.47. The lowest BCUT2D eigenvalue weighted by molar-refractivity contribution is -0.384. The van der Waals surface area contributed by atoms with E-state index in [-0.39, 0.29) is 24.6 Å². The van der Waals surface area contributed by atoms with Gasteiger partial charge in [0.1, 0.15) is 6.61 Å². The summed E-state index contributed by atoms with van der Waals surface area (Å²) in [7, 11) is 0. The van der Waals surface area contributed by atoms with Crippen LogP contribution in [0.2, 0.25) is 0 Å². The zero-order chi connectivity index (χ0) is 20.3. The third-order valence-corrected chi connectivity index (χ3v) is 4.69. The third kappa shape index (κ3) is 4.25. The maximum atomic E-state index is 12.8. The number of benzene rings is 2. The molecule has 0 aromatic heterocycles. The highest BCUT2D eigenvalue weighted by atomic mass is 16.6. The molecule has 1 atom stereocenters. The molecule has 0 unspecified atom stereocenters. The summed E-state index contributed by atoms with van der Waals surface area (Å²) in [6.07, 6.45) is 0.0735. The number of nitrogens with zero attached hydrogens (tertiary/aromatic N) is 1. The highest BCUT2D eigenvalue weighted by molar-refractivity contribution is 5.95. The average molecular weight is 380 g/mol. The van der Waals surface area contributed by atoms with Crippen molar-refractivity contribution in [3.8, 4) is 0 Å². The van der Waals surface area contributed by atoms with Crippen molar-refractivity contribution in [3.05, 3.63) is 86.6 Å². The number of nitrogens with one attached hydrogen (secondary N) is 1. The van der Waals surface area contributed by atoms with Crippen LogP contribution < -0.4 is 5.32 Å². The van der Waals surface area contributed by atoms with E-state index >= 15 is 0 Å². The van der Waals surface area contributed by atoms with Crippen LogP contribution in [0.3, 0.4) is 0 Å². The summed E-state index contributed by atoms with van der Waals surface area (Å²) in [5.41, 5.74) is 3.38. The minimum Gasteiger partial charge on any atom is -0.457 e. The van der Waals surface area contributed by atoms with Crippen molar-refractivity contribution in [1.82, 2.24) is 5.32 Å². The van der Waals surface area contributed by atoms with E-state index in [9.17, 15) is 19.7 Å². The Bertz CT molecular complexity index is 946. The molecular formula is C21H20N2O5. The van der Waals surface area contributed by atoms with Gasteiger partial charge in [0, 0.05) is 30.2 Å². The molecule has 7 nitrogen and oxygen atoms in total. The molecule has 0 spiro atoms. The third-order valence-electron chi connectivity index (χ3n) is 4.69. The highest BCUT2D eigenvalue weighted by Crippen LogP contribution is 2.34. The number of allylic oxidation sites excluding steroid dienone is 1. The molecule has 0 saturated heterocycles. The first-order valence-corrected chi connectivity index (χ1v) is 8.83. The predicted molar refractivity (Wildman–Crippen MR) is 102 cm³/mol. The second-order valence-electron chi connectivity index (χ2n) is 6.75. The lowest BCUT2D eigenvalue weighted by Crippen LogP contribution is -2.34. The molecule has 7 heteroatoms. The average Bonchev–Trinajstić information content (AvgIpc) is 2.66. The number of amides is 1. The van der Waals surface area contributed by atoms with Gasteiger partial charge in [-0.1, -0.05) is 42.0 Å². The zero-order valence-corrected chi connectivity index (χ0v) is 15.6. The fourth-order valence-corrected chi connectivity index (χ4v) is 3.20. The van der Waals surface area contributed by atoms with E-state index in [4.69, 9.17) is 4.74 Å². The second-order valence-corrected chi connectivity index (χ2v) is 6.75. The van der Waals surface area contributed by atoms with E-state index in [0.29, 0.717) is 16.8 Å². The lowest BCUT2D eigenvalue weighted by Gasteiger charge is -2.26. The molecule has 0 saturated carbocycles. The van der Waals surface area contributed by atoms with Gasteiger partial charge in [-0.3, -0.25) is 14.9 Å². The summed E-state index contributed by atoms with van der Waals surface area (Å²) in [6.45, 7) is 3.75. The molecule has 0 fully saturated rings. The van der Waals surface area contributed by atoms with Gasteiger partial charge in [0.15, 0.2) is 0 Å². The smallest absolute Gasteiger partial charge is 0.336 e. The molecule has 1 heterocycles. The minimum atomic E-state index is -0.514. The van der Waals surface area contributed by atoms with Crippen molar-refractivity contribution in [2.45, 2.75) is 32.8 Å². The summed E-state index contributed by atoms with van der Waals surface area (Å²) >= 11 is 0. The summed E-state index contributed by atoms with van der Waals surface area (Å²) in [4.78, 5) is 35.2. The Labute approximate surface area is 162 Å². The van der Waals surface area contributed by atoms with Gasteiger partial charge in [0.2, 0.25) is 5.91 Å². The summed E-state index contributed by atoms with van der Waals surface area (Å²) in [5.74, 6) is -1.24. The number of hydrogen-bond acceptors (Lipinski definition) is 5. The molecule has 0 aliphatic carbocycles. The molecule has 0 bridgehead atoms. The van der Waals surface area contributed by atoms with Gasteiger partial charge in [-0.05, 0) is 25.0 Å². The molecule has 28 heavy (non-hydrogen) atoms. The number of nitro groups is 1. The minimum absolute atomic E-state index is 0.0480. The van der Waals surface area contributed by atoms with E-state index < -0.39 is 16.8 Å². The Kier molecular flexibility index (Phi) is 5.54. The predicted octanol–water partition coefficient (Wildman–Crippen LogP) is 3.52. The van der Waals surface area contributed by atoms with Crippen LogP contribution in [0.5, 0.6) is 0 Å². The van der Waals surface area contributed by atoms with Crippen LogP contribution in [0.15, 0.2) is 59.8 Å². The number of ether oxygens (including phenoxy) is 1. The molecule has 1 aliphatic heterocycles. The van der Waals surface area contributed by atoms with E-state index in [1.165, 1.54) is 12.1 Å². The van der Waals surface area contributed by atoms with Crippen molar-refractivity contribution >= 4 is 17.6 Å². The lowest BCUT2D eigenvalue weighted by atomic mass is 9.84. The van der Waals surface area contributed by atoms with Gasteiger partial charge in [0.25, 0.3) is 5.69 Å². The van der Waals surface area contributed by atoms with Crippen molar-refractivity contribution in [2.24, 2.45) is 0 Å². The number of non-ortho nitro benzene ring substituents is 1. The van der Waals surface area contributed by atoms with Crippen molar-refractivity contribution in [2.75, 3.05) is 0 Å². The Morgan fingerprint density at radius 2 is 1.79 bits per heavy atom. The maximum absolute atomic E-state index is 12.8. The highest BCUT2D eigenvalue weighted by Gasteiger charge is 2.33. The fourth-order valence-electron chi connectivity index (χ4n) is 3.20. The van der Waals surface area contributed by atoms with Crippen molar-refractivity contribution in [3.63, 3.8) is 0 Å². The topological polar surface area (TPSA) is 98.5 Å². The second kappa shape index (κ2) is 8.04. The van der Waals surface area contributed by atoms with Crippen LogP contribution in [0.1, 0.15) is 36.0 Å². The van der Waals surface area contributed by atoms with E-state index in [2.05, 4.69) is 5.32 Å². The molecule has 1 amide bonds. The molecule has 3 rings (SSSR count). The first kappa shape index (κ1) is 19.3. The van der Waals surface area contributed by atoms with Crippen LogP contribution in [0.4, 0.5) is 5.69 Å². The van der Waals surface area contributed by atoms with E-state index in [1.807, 2.05) is 31.2 Å². The van der Waals surface area contributed by atoms with Gasteiger partial charge in [0.05, 0.1) is 10.5 Å². The van der Waals surface area contributed by atoms with E-state index in [1.54, 1.807) is 19.1 Å². The van der Waals surface area contributed by atoms with Crippen LogP contribution in [-0.2, 0) is 20.9 Å². The Hall–Kier alpha value is -3.48. The quantitative estimate of drug-likeness (QED) is 0.486. The number of carbonyl (C=O) groups is 2. The monoisotopic (exact) mass is 380 g/mol. The number of aryl methyl sites for hydroxylation is 1. The molecule has 144 valence electrons. The molecule has 2 aromatic rings. The standard InChI is InChI=1S/C21H20N2O5/c1-13-3-5-15(6-4-13)12-28-21(25)20-14(2)22-19(24)11-18(20)16-7-9-17(10-8-16)23(26)27/h3-10,18H,11-12H2,1-2H3,(H,22,24)/t18-/m1/s1. The van der Waals surface area contributed by atoms with Gasteiger partial charge in [-0.25, -0.2) is 4.79 Å². The molecular weight excluding hydrogens is 360 g/mol. The summed E-state index contributed by atoms with van der Waals surface area (Å²) in [6, 6.07) is 13.5. The van der Waals surface area contributed by atoms with Gasteiger partial charge in [-0.15, -0.1) is 0 Å². The van der Waals surface area contributed by atoms with Gasteiger partial charge < -0.3 is 10.1 Å². The first-order chi connectivity index (χ1) is 13.3. The van der Waals surface area contributed by atoms with E-state index in [0.717, 1.165) is 11.1 Å². The van der Waals surface area contributed by atoms with Gasteiger partial charge in [-0.2, -0.15) is 0 Å². The normalized spacial score (nSPS) is 16.5. The zero-order valence-electron chi connectivity index (χ0n) is 15.6. The maximum Gasteiger partial charge on any atom is 0.336 e. The SMILES string of the molecule is CC1=C(C(=O)OCc2ccc(C)cc2)[C@@H](c2ccc([N+](=O)[O-])cc2)CC(=O)N1. The largest absolute Gasteiger partial charge is 0.457 e. The molecule has 2 aromatic carbocycles. The van der Waals surface area contributed by atoms with Crippen LogP contribution in [-0.4, -0.2) is 16.8 Å². The van der Waals surface area contributed by atoms with Gasteiger partial charge >= 0.3 is 5.97 Å². The van der Waals surface area contributed by atoms with Crippen molar-refractivity contribution in [1.29, 1.82) is 0 Å². The number of esters is 1. The number of carbonyl (C=O) groups excluding carboxylic acids is 2. The summed E-state index contributed by atoms with van der Waals surface area (Å²) in [5, 5.41) is 13.5. The molecule has 0 radical (unpaired) electrons. The number of rotatable bonds is 5. The van der Waals surface area contributed by atoms with Crippen LogP contribution in [0.25, 0.3) is 0 Å². The van der Waals surface area contributed by atoms with Crippen LogP contribution in [0, 0.1) is 17.0 Å². The Morgan fingerprint density at radius 3 is 2.39 bits per heavy atom. The van der Waals surface area contributed by atoms with Crippen molar-refractivity contribution < 1.29 is 19.2 Å². The molecule has 1 aliphatic rings.